The van der Waals surface area contributed by atoms with Crippen molar-refractivity contribution in [2.75, 3.05) is 11.9 Å². The van der Waals surface area contributed by atoms with Crippen molar-refractivity contribution >= 4 is 23.2 Å². The monoisotopic (exact) mass is 459 g/mol. The molecule has 7 nitrogen and oxygen atoms in total. The van der Waals surface area contributed by atoms with Gasteiger partial charge in [0.25, 0.3) is 0 Å². The van der Waals surface area contributed by atoms with Gasteiger partial charge in [-0.05, 0) is 19.8 Å². The molecule has 1 aliphatic rings. The van der Waals surface area contributed by atoms with E-state index in [1.807, 2.05) is 0 Å². The highest BCUT2D eigenvalue weighted by atomic mass is 35.5. The second-order valence-corrected chi connectivity index (χ2v) is 7.17. The third-order valence-corrected chi connectivity index (χ3v) is 4.63. The Morgan fingerprint density at radius 3 is 2.57 bits per heavy atom. The lowest BCUT2D eigenvalue weighted by atomic mass is 10.2. The highest BCUT2D eigenvalue weighted by Crippen LogP contribution is 2.47. The van der Waals surface area contributed by atoms with Crippen LogP contribution in [0.4, 0.5) is 32.0 Å². The van der Waals surface area contributed by atoms with E-state index >= 15 is 0 Å². The molecule has 1 N–H and O–H groups in total. The van der Waals surface area contributed by atoms with Gasteiger partial charge in [-0.15, -0.1) is 0 Å². The molecular formula is C16H16ClF6N5O2. The van der Waals surface area contributed by atoms with Gasteiger partial charge in [0, 0.05) is 5.92 Å². The fourth-order valence-corrected chi connectivity index (χ4v) is 3.12. The van der Waals surface area contributed by atoms with Crippen LogP contribution in [0.15, 0.2) is 12.4 Å². The van der Waals surface area contributed by atoms with Crippen LogP contribution in [0, 0.1) is 0 Å². The summed E-state index contributed by atoms with van der Waals surface area (Å²) in [6.45, 7) is -0.598. The minimum atomic E-state index is -4.76. The van der Waals surface area contributed by atoms with Gasteiger partial charge >= 0.3 is 12.4 Å². The molecule has 1 saturated carbocycles. The molecule has 0 aromatic carbocycles. The Balaban J connectivity index is 1.70. The van der Waals surface area contributed by atoms with E-state index in [-0.39, 0.29) is 17.3 Å². The molecule has 2 aromatic rings. The first-order valence-corrected chi connectivity index (χ1v) is 9.07. The third kappa shape index (κ3) is 5.25. The van der Waals surface area contributed by atoms with E-state index in [2.05, 4.69) is 20.3 Å². The molecule has 0 bridgehead atoms. The van der Waals surface area contributed by atoms with Crippen LogP contribution in [-0.4, -0.2) is 38.3 Å². The maximum absolute atomic E-state index is 13.2. The summed E-state index contributed by atoms with van der Waals surface area (Å²) >= 11 is 5.90. The molecule has 3 rings (SSSR count). The first-order chi connectivity index (χ1) is 13.9. The molecular weight excluding hydrogens is 444 g/mol. The van der Waals surface area contributed by atoms with Crippen LogP contribution in [0.1, 0.15) is 43.1 Å². The predicted octanol–water partition coefficient (Wildman–Crippen LogP) is 4.37. The fraction of sp³-hybridized carbons (Fsp3) is 0.562. The molecule has 166 valence electrons. The lowest BCUT2D eigenvalue weighted by molar-refractivity contribution is -0.182. The number of ether oxygens (including phenoxy) is 1. The average Bonchev–Trinajstić information content (AvgIpc) is 3.24. The van der Waals surface area contributed by atoms with E-state index in [0.717, 1.165) is 9.36 Å². The number of carbonyl (C=O) groups excluding carboxylic acids is 1. The summed E-state index contributed by atoms with van der Waals surface area (Å²) in [5.41, 5.74) is -0.965. The number of amides is 1. The average molecular weight is 460 g/mol. The van der Waals surface area contributed by atoms with Crippen molar-refractivity contribution in [2.24, 2.45) is 0 Å². The first-order valence-electron chi connectivity index (χ1n) is 8.69. The van der Waals surface area contributed by atoms with Crippen LogP contribution in [0.2, 0.25) is 5.02 Å². The van der Waals surface area contributed by atoms with E-state index in [0.29, 0.717) is 12.8 Å². The maximum atomic E-state index is 13.2. The zero-order chi connectivity index (χ0) is 22.3. The second kappa shape index (κ2) is 8.10. The zero-order valence-electron chi connectivity index (χ0n) is 15.4. The van der Waals surface area contributed by atoms with Crippen molar-refractivity contribution in [3.63, 3.8) is 0 Å². The summed E-state index contributed by atoms with van der Waals surface area (Å²) in [4.78, 5) is 12.5. The van der Waals surface area contributed by atoms with Gasteiger partial charge in [-0.2, -0.15) is 36.5 Å². The Bertz CT molecular complexity index is 918. The number of alkyl halides is 6. The second-order valence-electron chi connectivity index (χ2n) is 6.79. The van der Waals surface area contributed by atoms with E-state index < -0.39 is 48.4 Å². The number of rotatable bonds is 7. The summed E-state index contributed by atoms with van der Waals surface area (Å²) < 4.78 is 82.2. The van der Waals surface area contributed by atoms with Crippen LogP contribution in [-0.2, 0) is 22.4 Å². The van der Waals surface area contributed by atoms with E-state index in [1.165, 1.54) is 19.3 Å². The van der Waals surface area contributed by atoms with E-state index in [4.69, 9.17) is 11.6 Å². The highest BCUT2D eigenvalue weighted by molar-refractivity contribution is 6.32. The lowest BCUT2D eigenvalue weighted by Gasteiger charge is -2.15. The van der Waals surface area contributed by atoms with Crippen LogP contribution >= 0.6 is 11.6 Å². The van der Waals surface area contributed by atoms with Crippen molar-refractivity contribution < 1.29 is 35.9 Å². The van der Waals surface area contributed by atoms with Crippen molar-refractivity contribution in [3.8, 4) is 0 Å². The van der Waals surface area contributed by atoms with Crippen LogP contribution in [0.25, 0.3) is 0 Å². The Hall–Kier alpha value is -2.28. The number of nitrogens with one attached hydrogen (secondary N) is 1. The summed E-state index contributed by atoms with van der Waals surface area (Å²) in [6.07, 6.45) is -5.58. The Morgan fingerprint density at radius 2 is 2.00 bits per heavy atom. The van der Waals surface area contributed by atoms with Gasteiger partial charge in [-0.25, -0.2) is 4.68 Å². The molecule has 1 fully saturated rings. The molecule has 14 heteroatoms. The van der Waals surface area contributed by atoms with Gasteiger partial charge in [0.1, 0.15) is 19.4 Å². The van der Waals surface area contributed by atoms with Gasteiger partial charge < -0.3 is 10.1 Å². The van der Waals surface area contributed by atoms with Gasteiger partial charge in [-0.1, -0.05) is 11.6 Å². The molecule has 1 unspecified atom stereocenters. The maximum Gasteiger partial charge on any atom is 0.436 e. The summed E-state index contributed by atoms with van der Waals surface area (Å²) in [6, 6.07) is -1.13. The van der Waals surface area contributed by atoms with Gasteiger partial charge in [0.15, 0.2) is 5.69 Å². The number of nitrogens with zero attached hydrogens (tertiary/aromatic N) is 4. The molecule has 2 heterocycles. The quantitative estimate of drug-likeness (QED) is 0.624. The predicted molar refractivity (Wildman–Crippen MR) is 91.8 cm³/mol. The number of anilines is 1. The molecule has 1 aliphatic carbocycles. The Kier molecular flexibility index (Phi) is 6.05. The lowest BCUT2D eigenvalue weighted by Crippen LogP contribution is -2.26. The number of aromatic nitrogens is 4. The topological polar surface area (TPSA) is 74.0 Å². The number of carbonyl (C=O) groups is 1. The van der Waals surface area contributed by atoms with Gasteiger partial charge in [0.05, 0.1) is 28.8 Å². The largest absolute Gasteiger partial charge is 0.436 e. The van der Waals surface area contributed by atoms with Crippen molar-refractivity contribution in [3.05, 3.63) is 28.8 Å². The first kappa shape index (κ1) is 22.4. The van der Waals surface area contributed by atoms with E-state index in [1.54, 1.807) is 0 Å². The number of hydrogen-bond acceptors (Lipinski definition) is 4. The summed E-state index contributed by atoms with van der Waals surface area (Å²) in [5.74, 6) is -0.898. The minimum absolute atomic E-state index is 0.129. The van der Waals surface area contributed by atoms with Crippen LogP contribution in [0.5, 0.6) is 0 Å². The fourth-order valence-electron chi connectivity index (χ4n) is 2.74. The smallest absolute Gasteiger partial charge is 0.350 e. The molecule has 1 amide bonds. The molecule has 0 spiro atoms. The summed E-state index contributed by atoms with van der Waals surface area (Å²) in [5, 5.41) is 9.19. The molecule has 0 saturated heterocycles. The Morgan fingerprint density at radius 1 is 1.33 bits per heavy atom. The summed E-state index contributed by atoms with van der Waals surface area (Å²) in [7, 11) is 0. The highest BCUT2D eigenvalue weighted by Gasteiger charge is 2.43. The standard InChI is InChI=1S/C16H16ClF6N5O2/c1-8(28-12(9-2-3-9)11(17)13(26-28)16(21,22)23)14(29)25-10-4-24-27(5-10)7-30-6-15(18,19)20/h4-5,8-9H,2-3,6-7H2,1H3,(H,25,29). The van der Waals surface area contributed by atoms with Crippen molar-refractivity contribution in [1.82, 2.24) is 19.6 Å². The van der Waals surface area contributed by atoms with E-state index in [9.17, 15) is 31.1 Å². The third-order valence-electron chi connectivity index (χ3n) is 4.26. The molecule has 1 atom stereocenters. The SMILES string of the molecule is CC(C(=O)Nc1cnn(COCC(F)(F)F)c1)n1nc(C(F)(F)F)c(Cl)c1C1CC1. The van der Waals surface area contributed by atoms with Gasteiger partial charge in [-0.3, -0.25) is 9.48 Å². The minimum Gasteiger partial charge on any atom is -0.350 e. The number of halogens is 7. The normalized spacial score (nSPS) is 16.0. The Labute approximate surface area is 170 Å². The molecule has 30 heavy (non-hydrogen) atoms. The molecule has 0 aliphatic heterocycles. The van der Waals surface area contributed by atoms with Gasteiger partial charge in [0.2, 0.25) is 5.91 Å². The number of hydrogen-bond donors (Lipinski definition) is 1. The van der Waals surface area contributed by atoms with Crippen molar-refractivity contribution in [2.45, 2.75) is 50.8 Å². The van der Waals surface area contributed by atoms with Crippen LogP contribution < -0.4 is 5.32 Å². The zero-order valence-corrected chi connectivity index (χ0v) is 16.1. The molecule has 2 aromatic heterocycles. The van der Waals surface area contributed by atoms with Crippen LogP contribution in [0.3, 0.4) is 0 Å². The molecule has 0 radical (unpaired) electrons. The van der Waals surface area contributed by atoms with Crippen molar-refractivity contribution in [1.29, 1.82) is 0 Å².